The number of benzene rings is 1. The van der Waals surface area contributed by atoms with Crippen LogP contribution in [-0.2, 0) is 13.1 Å². The largest absolute Gasteiger partial charge is 0.435 e. The lowest BCUT2D eigenvalue weighted by Crippen LogP contribution is -2.33. The van der Waals surface area contributed by atoms with Crippen molar-refractivity contribution in [3.05, 3.63) is 68.0 Å². The predicted octanol–water partition coefficient (Wildman–Crippen LogP) is 2.86. The summed E-state index contributed by atoms with van der Waals surface area (Å²) in [5, 5.41) is 0.0772. The summed E-state index contributed by atoms with van der Waals surface area (Å²) in [7, 11) is 1.58. The van der Waals surface area contributed by atoms with E-state index in [1.807, 2.05) is 0 Å². The third kappa shape index (κ3) is 4.25. The quantitative estimate of drug-likeness (QED) is 0.605. The summed E-state index contributed by atoms with van der Waals surface area (Å²) in [6.07, 6.45) is 1.88. The lowest BCUT2D eigenvalue weighted by Gasteiger charge is -2.19. The minimum atomic E-state index is -2.91. The van der Waals surface area contributed by atoms with Gasteiger partial charge in [-0.3, -0.25) is 19.1 Å². The van der Waals surface area contributed by atoms with E-state index in [9.17, 15) is 23.2 Å². The van der Waals surface area contributed by atoms with E-state index in [1.165, 1.54) is 21.6 Å². The number of H-pyrrole nitrogens is 1. The summed E-state index contributed by atoms with van der Waals surface area (Å²) in [6, 6.07) is 7.61. The van der Waals surface area contributed by atoms with Crippen LogP contribution in [0.1, 0.15) is 47.3 Å². The van der Waals surface area contributed by atoms with Crippen LogP contribution in [0.3, 0.4) is 0 Å². The zero-order valence-electron chi connectivity index (χ0n) is 17.6. The van der Waals surface area contributed by atoms with Gasteiger partial charge in [0.2, 0.25) is 0 Å². The lowest BCUT2D eigenvalue weighted by atomic mass is 10.1. The molecule has 4 rings (SSSR count). The van der Waals surface area contributed by atoms with E-state index in [0.29, 0.717) is 17.8 Å². The van der Waals surface area contributed by atoms with Crippen LogP contribution in [0, 0.1) is 0 Å². The van der Waals surface area contributed by atoms with Crippen LogP contribution >= 0.6 is 0 Å². The van der Waals surface area contributed by atoms with Gasteiger partial charge in [0.05, 0.1) is 10.9 Å². The Balaban J connectivity index is 1.71. The van der Waals surface area contributed by atoms with Crippen LogP contribution in [0.15, 0.2) is 39.9 Å². The van der Waals surface area contributed by atoms with Crippen molar-refractivity contribution >= 4 is 16.9 Å². The molecule has 1 aromatic carbocycles. The first-order valence-electron chi connectivity index (χ1n) is 10.3. The maximum atomic E-state index is 13.3. The van der Waals surface area contributed by atoms with Crippen LogP contribution in [0.5, 0.6) is 5.75 Å². The van der Waals surface area contributed by atoms with Crippen molar-refractivity contribution in [3.8, 4) is 5.75 Å². The number of aryl methyl sites for hydroxylation is 1. The SMILES string of the molecule is CCn1c(=O)[nH]c(=O)c2c(C(=O)N(C)Cc3ccc(OC(F)F)cc3)cc(C3CC3)nc21. The molecular formula is C22H22F2N4O4. The van der Waals surface area contributed by atoms with Gasteiger partial charge in [0.15, 0.2) is 5.65 Å². The molecule has 3 aromatic rings. The number of hydrogen-bond donors (Lipinski definition) is 1. The summed E-state index contributed by atoms with van der Waals surface area (Å²) in [5.74, 6) is -0.173. The van der Waals surface area contributed by atoms with Crippen LogP contribution in [0.25, 0.3) is 11.0 Å². The van der Waals surface area contributed by atoms with Gasteiger partial charge in [0, 0.05) is 31.7 Å². The molecule has 1 saturated carbocycles. The van der Waals surface area contributed by atoms with Crippen LogP contribution in [-0.4, -0.2) is 39.0 Å². The molecule has 0 bridgehead atoms. The molecular weight excluding hydrogens is 422 g/mol. The molecule has 0 atom stereocenters. The van der Waals surface area contributed by atoms with E-state index in [1.54, 1.807) is 32.2 Å². The van der Waals surface area contributed by atoms with Crippen molar-refractivity contribution in [2.75, 3.05) is 7.05 Å². The molecule has 0 saturated heterocycles. The van der Waals surface area contributed by atoms with Gasteiger partial charge in [-0.2, -0.15) is 8.78 Å². The van der Waals surface area contributed by atoms with E-state index in [2.05, 4.69) is 14.7 Å². The molecule has 1 fully saturated rings. The van der Waals surface area contributed by atoms with Crippen molar-refractivity contribution in [1.29, 1.82) is 0 Å². The fourth-order valence-corrected chi connectivity index (χ4v) is 3.67. The second kappa shape index (κ2) is 8.52. The number of rotatable bonds is 7. The molecule has 1 aliphatic carbocycles. The van der Waals surface area contributed by atoms with E-state index < -0.39 is 23.8 Å². The van der Waals surface area contributed by atoms with Crippen LogP contribution < -0.4 is 16.0 Å². The highest BCUT2D eigenvalue weighted by atomic mass is 19.3. The van der Waals surface area contributed by atoms with Crippen molar-refractivity contribution in [1.82, 2.24) is 19.4 Å². The van der Waals surface area contributed by atoms with Gasteiger partial charge in [-0.1, -0.05) is 12.1 Å². The standard InChI is InChI=1S/C22H22F2N4O4/c1-3-28-18-17(19(29)26-22(28)31)15(10-16(25-18)13-6-7-13)20(30)27(2)11-12-4-8-14(9-5-12)32-21(23)24/h4-5,8-10,13,21H,3,6-7,11H2,1-2H3,(H,26,29,31). The minimum absolute atomic E-state index is 0.0241. The molecule has 2 heterocycles. The zero-order chi connectivity index (χ0) is 23.0. The predicted molar refractivity (Wildman–Crippen MR) is 113 cm³/mol. The van der Waals surface area contributed by atoms with Crippen molar-refractivity contribution in [2.45, 2.75) is 45.4 Å². The van der Waals surface area contributed by atoms with Gasteiger partial charge >= 0.3 is 12.3 Å². The van der Waals surface area contributed by atoms with Gasteiger partial charge < -0.3 is 9.64 Å². The first-order valence-corrected chi connectivity index (χ1v) is 10.3. The third-order valence-electron chi connectivity index (χ3n) is 5.43. The second-order valence-corrected chi connectivity index (χ2v) is 7.75. The number of pyridine rings is 1. The summed E-state index contributed by atoms with van der Waals surface area (Å²) in [4.78, 5) is 46.5. The first kappa shape index (κ1) is 21.7. The van der Waals surface area contributed by atoms with E-state index in [-0.39, 0.29) is 34.8 Å². The highest BCUT2D eigenvalue weighted by Crippen LogP contribution is 2.40. The lowest BCUT2D eigenvalue weighted by molar-refractivity contribution is -0.0498. The van der Waals surface area contributed by atoms with E-state index in [0.717, 1.165) is 12.8 Å². The molecule has 0 unspecified atom stereocenters. The van der Waals surface area contributed by atoms with Gasteiger partial charge in [-0.15, -0.1) is 0 Å². The number of nitrogens with zero attached hydrogens (tertiary/aromatic N) is 3. The molecule has 10 heteroatoms. The monoisotopic (exact) mass is 444 g/mol. The molecule has 168 valence electrons. The minimum Gasteiger partial charge on any atom is -0.435 e. The Morgan fingerprint density at radius 1 is 1.28 bits per heavy atom. The number of carbonyl (C=O) groups is 1. The van der Waals surface area contributed by atoms with Gasteiger partial charge in [0.1, 0.15) is 5.75 Å². The van der Waals surface area contributed by atoms with Crippen molar-refractivity contribution in [3.63, 3.8) is 0 Å². The number of alkyl halides is 2. The molecule has 32 heavy (non-hydrogen) atoms. The third-order valence-corrected chi connectivity index (χ3v) is 5.43. The van der Waals surface area contributed by atoms with Crippen LogP contribution in [0.2, 0.25) is 0 Å². The molecule has 0 spiro atoms. The Hall–Kier alpha value is -3.56. The fraction of sp³-hybridized carbons (Fsp3) is 0.364. The number of carbonyl (C=O) groups excluding carboxylic acids is 1. The topological polar surface area (TPSA) is 97.3 Å². The molecule has 0 aliphatic heterocycles. The number of fused-ring (bicyclic) bond motifs is 1. The van der Waals surface area contributed by atoms with Gasteiger partial charge in [-0.25, -0.2) is 9.78 Å². The Kier molecular flexibility index (Phi) is 5.77. The number of nitrogens with one attached hydrogen (secondary N) is 1. The summed E-state index contributed by atoms with van der Waals surface area (Å²) in [5.41, 5.74) is 0.548. The summed E-state index contributed by atoms with van der Waals surface area (Å²) in [6.45, 7) is -0.671. The molecule has 0 radical (unpaired) electrons. The van der Waals surface area contributed by atoms with Crippen LogP contribution in [0.4, 0.5) is 8.78 Å². The molecule has 2 aromatic heterocycles. The molecule has 1 amide bonds. The maximum Gasteiger partial charge on any atom is 0.387 e. The fourth-order valence-electron chi connectivity index (χ4n) is 3.67. The second-order valence-electron chi connectivity index (χ2n) is 7.75. The van der Waals surface area contributed by atoms with Gasteiger partial charge in [-0.05, 0) is 43.5 Å². The van der Waals surface area contributed by atoms with Crippen molar-refractivity contribution in [2.24, 2.45) is 0 Å². The number of halogens is 2. The Labute approximate surface area is 181 Å². The zero-order valence-corrected chi connectivity index (χ0v) is 17.6. The van der Waals surface area contributed by atoms with E-state index in [4.69, 9.17) is 0 Å². The Morgan fingerprint density at radius 2 is 1.97 bits per heavy atom. The average Bonchev–Trinajstić information content (AvgIpc) is 3.59. The number of amides is 1. The summed E-state index contributed by atoms with van der Waals surface area (Å²) < 4.78 is 30.3. The Bertz CT molecular complexity index is 1280. The normalized spacial score (nSPS) is 13.5. The van der Waals surface area contributed by atoms with Crippen molar-refractivity contribution < 1.29 is 18.3 Å². The maximum absolute atomic E-state index is 13.3. The summed E-state index contributed by atoms with van der Waals surface area (Å²) >= 11 is 0. The number of hydrogen-bond acceptors (Lipinski definition) is 5. The van der Waals surface area contributed by atoms with Gasteiger partial charge in [0.25, 0.3) is 11.5 Å². The number of ether oxygens (including phenoxy) is 1. The number of aromatic amines is 1. The average molecular weight is 444 g/mol. The highest BCUT2D eigenvalue weighted by Gasteiger charge is 2.29. The van der Waals surface area contributed by atoms with E-state index >= 15 is 0 Å². The highest BCUT2D eigenvalue weighted by molar-refractivity contribution is 6.05. The molecule has 8 nitrogen and oxygen atoms in total. The molecule has 1 aliphatic rings. The first-order chi connectivity index (χ1) is 15.3. The number of aromatic nitrogens is 3. The molecule has 1 N–H and O–H groups in total. The smallest absolute Gasteiger partial charge is 0.387 e. The Morgan fingerprint density at radius 3 is 2.56 bits per heavy atom.